The zero-order chi connectivity index (χ0) is 17.2. The van der Waals surface area contributed by atoms with Gasteiger partial charge in [0.25, 0.3) is 5.91 Å². The first-order valence-electron chi connectivity index (χ1n) is 8.61. The van der Waals surface area contributed by atoms with Crippen molar-refractivity contribution in [2.24, 2.45) is 0 Å². The number of likely N-dealkylation sites (tertiary alicyclic amines) is 1. The minimum absolute atomic E-state index is 0. The molecule has 2 aliphatic rings. The maximum Gasteiger partial charge on any atom is 0.274 e. The summed E-state index contributed by atoms with van der Waals surface area (Å²) >= 11 is 1.61. The van der Waals surface area contributed by atoms with E-state index in [9.17, 15) is 9.59 Å². The molecule has 0 aliphatic carbocycles. The number of piperazine rings is 1. The van der Waals surface area contributed by atoms with Gasteiger partial charge in [0.05, 0.1) is 17.1 Å². The van der Waals surface area contributed by atoms with Crippen LogP contribution in [0.2, 0.25) is 0 Å². The van der Waals surface area contributed by atoms with Crippen LogP contribution < -0.4 is 5.32 Å². The standard InChI is InChI=1S/C17H21N5O2S.ClH/c23-16-10-18-5-7-22(16)12-3-1-6-21(11-12)17(24)14-9-13(19-20-14)15-4-2-8-25-15;/h2,4,8-9,12,18H,1,3,5-7,10-11H2,(H,19,20);1H. The number of nitrogens with zero attached hydrogens (tertiary/aromatic N) is 3. The molecule has 1 unspecified atom stereocenters. The zero-order valence-corrected chi connectivity index (χ0v) is 15.9. The van der Waals surface area contributed by atoms with E-state index in [4.69, 9.17) is 0 Å². The molecule has 1 atom stereocenters. The number of hydrogen-bond donors (Lipinski definition) is 2. The molecule has 140 valence electrons. The Morgan fingerprint density at radius 1 is 1.35 bits per heavy atom. The lowest BCUT2D eigenvalue weighted by Crippen LogP contribution is -2.57. The maximum atomic E-state index is 12.8. The summed E-state index contributed by atoms with van der Waals surface area (Å²) in [6.07, 6.45) is 1.87. The fourth-order valence-corrected chi connectivity index (χ4v) is 4.24. The average molecular weight is 396 g/mol. The molecule has 2 fully saturated rings. The van der Waals surface area contributed by atoms with Gasteiger partial charge in [-0.1, -0.05) is 6.07 Å². The molecule has 0 saturated carbocycles. The van der Waals surface area contributed by atoms with Gasteiger partial charge < -0.3 is 15.1 Å². The smallest absolute Gasteiger partial charge is 0.274 e. The van der Waals surface area contributed by atoms with Crippen LogP contribution >= 0.6 is 23.7 Å². The number of hydrogen-bond acceptors (Lipinski definition) is 5. The molecule has 2 saturated heterocycles. The Kier molecular flexibility index (Phi) is 5.95. The lowest BCUT2D eigenvalue weighted by atomic mass is 10.0. The highest BCUT2D eigenvalue weighted by molar-refractivity contribution is 7.13. The molecule has 9 heteroatoms. The van der Waals surface area contributed by atoms with Gasteiger partial charge in [-0.3, -0.25) is 14.7 Å². The summed E-state index contributed by atoms with van der Waals surface area (Å²) in [5.74, 6) is 0.0663. The van der Waals surface area contributed by atoms with Crippen molar-refractivity contribution < 1.29 is 9.59 Å². The Bertz CT molecular complexity index is 763. The number of carbonyl (C=O) groups excluding carboxylic acids is 2. The third kappa shape index (κ3) is 3.77. The van der Waals surface area contributed by atoms with E-state index in [1.165, 1.54) is 0 Å². The number of thiophene rings is 1. The molecule has 2 amide bonds. The van der Waals surface area contributed by atoms with Gasteiger partial charge in [-0.2, -0.15) is 5.10 Å². The highest BCUT2D eigenvalue weighted by Gasteiger charge is 2.32. The summed E-state index contributed by atoms with van der Waals surface area (Å²) in [7, 11) is 0. The predicted octanol–water partition coefficient (Wildman–Crippen LogP) is 1.60. The Morgan fingerprint density at radius 3 is 3.00 bits per heavy atom. The lowest BCUT2D eigenvalue weighted by molar-refractivity contribution is -0.135. The molecule has 0 radical (unpaired) electrons. The third-order valence-corrected chi connectivity index (χ3v) is 5.74. The SMILES string of the molecule is Cl.O=C(c1cc(-c2cccs2)[nH]n1)N1CCCC(N2CCNCC2=O)C1. The molecule has 0 aromatic carbocycles. The topological polar surface area (TPSA) is 81.3 Å². The van der Waals surface area contributed by atoms with Crippen molar-refractivity contribution >= 4 is 35.6 Å². The number of carbonyl (C=O) groups is 2. The maximum absolute atomic E-state index is 12.8. The molecular formula is C17H22ClN5O2S. The number of nitrogens with one attached hydrogen (secondary N) is 2. The molecule has 4 heterocycles. The number of piperidine rings is 1. The molecule has 0 bridgehead atoms. The van der Waals surface area contributed by atoms with E-state index >= 15 is 0 Å². The van der Waals surface area contributed by atoms with Crippen LogP contribution in [0, 0.1) is 0 Å². The van der Waals surface area contributed by atoms with E-state index in [2.05, 4.69) is 15.5 Å². The lowest BCUT2D eigenvalue weighted by Gasteiger charge is -2.40. The Hall–Kier alpha value is -1.90. The zero-order valence-electron chi connectivity index (χ0n) is 14.3. The fourth-order valence-electron chi connectivity index (χ4n) is 3.55. The highest BCUT2D eigenvalue weighted by atomic mass is 35.5. The Morgan fingerprint density at radius 2 is 2.23 bits per heavy atom. The molecule has 26 heavy (non-hydrogen) atoms. The first kappa shape index (κ1) is 18.9. The molecule has 4 rings (SSSR count). The van der Waals surface area contributed by atoms with Crippen molar-refractivity contribution in [3.8, 4) is 10.6 Å². The molecule has 2 N–H and O–H groups in total. The van der Waals surface area contributed by atoms with Crippen molar-refractivity contribution in [1.82, 2.24) is 25.3 Å². The summed E-state index contributed by atoms with van der Waals surface area (Å²) in [6, 6.07) is 5.90. The molecular weight excluding hydrogens is 374 g/mol. The van der Waals surface area contributed by atoms with E-state index in [-0.39, 0.29) is 30.3 Å². The number of amides is 2. The predicted molar refractivity (Wildman–Crippen MR) is 103 cm³/mol. The number of aromatic amines is 1. The largest absolute Gasteiger partial charge is 0.336 e. The van der Waals surface area contributed by atoms with Gasteiger partial charge >= 0.3 is 0 Å². The molecule has 2 aliphatic heterocycles. The van der Waals surface area contributed by atoms with Crippen LogP contribution in [-0.2, 0) is 4.79 Å². The van der Waals surface area contributed by atoms with E-state index in [0.717, 1.165) is 43.0 Å². The molecule has 2 aromatic heterocycles. The number of rotatable bonds is 3. The molecule has 0 spiro atoms. The van der Waals surface area contributed by atoms with Gasteiger partial charge in [0.1, 0.15) is 0 Å². The van der Waals surface area contributed by atoms with Crippen molar-refractivity contribution in [2.75, 3.05) is 32.7 Å². The summed E-state index contributed by atoms with van der Waals surface area (Å²) in [4.78, 5) is 29.8. The number of aromatic nitrogens is 2. The summed E-state index contributed by atoms with van der Waals surface area (Å²) in [6.45, 7) is 3.24. The van der Waals surface area contributed by atoms with Crippen LogP contribution in [0.5, 0.6) is 0 Å². The second-order valence-corrected chi connectivity index (χ2v) is 7.40. The van der Waals surface area contributed by atoms with E-state index in [1.807, 2.05) is 33.4 Å². The second-order valence-electron chi connectivity index (χ2n) is 6.46. The normalized spacial score (nSPS) is 20.8. The average Bonchev–Trinajstić information content (AvgIpc) is 3.33. The van der Waals surface area contributed by atoms with Gasteiger partial charge in [-0.15, -0.1) is 23.7 Å². The molecule has 2 aromatic rings. The first-order chi connectivity index (χ1) is 12.2. The van der Waals surface area contributed by atoms with Crippen molar-refractivity contribution in [3.05, 3.63) is 29.3 Å². The third-order valence-electron chi connectivity index (χ3n) is 4.83. The Balaban J connectivity index is 0.00000196. The first-order valence-corrected chi connectivity index (χ1v) is 9.49. The van der Waals surface area contributed by atoms with Crippen LogP contribution in [0.1, 0.15) is 23.3 Å². The van der Waals surface area contributed by atoms with E-state index in [0.29, 0.717) is 18.8 Å². The summed E-state index contributed by atoms with van der Waals surface area (Å²) in [5.41, 5.74) is 1.31. The van der Waals surface area contributed by atoms with Crippen LogP contribution in [0.4, 0.5) is 0 Å². The van der Waals surface area contributed by atoms with Crippen LogP contribution in [0.3, 0.4) is 0 Å². The summed E-state index contributed by atoms with van der Waals surface area (Å²) < 4.78 is 0. The fraction of sp³-hybridized carbons (Fsp3) is 0.471. The van der Waals surface area contributed by atoms with Gasteiger partial charge in [-0.05, 0) is 30.4 Å². The minimum Gasteiger partial charge on any atom is -0.336 e. The quantitative estimate of drug-likeness (QED) is 0.827. The van der Waals surface area contributed by atoms with Gasteiger partial charge in [0.2, 0.25) is 5.91 Å². The monoisotopic (exact) mass is 395 g/mol. The second kappa shape index (κ2) is 8.20. The van der Waals surface area contributed by atoms with Crippen molar-refractivity contribution in [3.63, 3.8) is 0 Å². The van der Waals surface area contributed by atoms with E-state index < -0.39 is 0 Å². The molecule has 7 nitrogen and oxygen atoms in total. The van der Waals surface area contributed by atoms with Gasteiger partial charge in [0, 0.05) is 32.2 Å². The van der Waals surface area contributed by atoms with Gasteiger partial charge in [0.15, 0.2) is 5.69 Å². The van der Waals surface area contributed by atoms with Crippen LogP contribution in [0.25, 0.3) is 10.6 Å². The van der Waals surface area contributed by atoms with Crippen LogP contribution in [0.15, 0.2) is 23.6 Å². The van der Waals surface area contributed by atoms with Crippen molar-refractivity contribution in [2.45, 2.75) is 18.9 Å². The van der Waals surface area contributed by atoms with E-state index in [1.54, 1.807) is 11.3 Å². The minimum atomic E-state index is -0.0636. The summed E-state index contributed by atoms with van der Waals surface area (Å²) in [5, 5.41) is 12.2. The number of H-pyrrole nitrogens is 1. The Labute approximate surface area is 162 Å². The van der Waals surface area contributed by atoms with Crippen molar-refractivity contribution in [1.29, 1.82) is 0 Å². The highest BCUT2D eigenvalue weighted by Crippen LogP contribution is 2.24. The number of halogens is 1. The van der Waals surface area contributed by atoms with Gasteiger partial charge in [-0.25, -0.2) is 0 Å². The van der Waals surface area contributed by atoms with Crippen LogP contribution in [-0.4, -0.2) is 70.6 Å².